The molecule has 29 heavy (non-hydrogen) atoms. The number of hydrogen-bond donors (Lipinski definition) is 0. The van der Waals surface area contributed by atoms with Gasteiger partial charge in [-0.25, -0.2) is 4.43 Å². The minimum Gasteiger partial charge on any atom is -0.387 e. The Morgan fingerprint density at radius 3 is 1.72 bits per heavy atom. The van der Waals surface area contributed by atoms with Gasteiger partial charge in [0.1, 0.15) is 0 Å². The molecule has 1 radical (unpaired) electrons. The van der Waals surface area contributed by atoms with E-state index in [2.05, 4.69) is 13.7 Å². The summed E-state index contributed by atoms with van der Waals surface area (Å²) >= 11 is 1.82. The number of rotatable bonds is 16. The molecule has 0 bridgehead atoms. The Morgan fingerprint density at radius 1 is 0.931 bits per heavy atom. The first-order chi connectivity index (χ1) is 12.7. The molecule has 0 aromatic carbocycles. The molecule has 0 aromatic rings. The van der Waals surface area contributed by atoms with Crippen LogP contribution >= 0.6 is 11.2 Å². The third-order valence-corrected chi connectivity index (χ3v) is 9.62. The molecular weight excluding hydrogens is 677 g/mol. The van der Waals surface area contributed by atoms with Crippen molar-refractivity contribution in [3.63, 3.8) is 0 Å². The van der Waals surface area contributed by atoms with Crippen molar-refractivity contribution in [1.82, 2.24) is 0 Å². The summed E-state index contributed by atoms with van der Waals surface area (Å²) in [4.78, 5) is 0. The zero-order valence-corrected chi connectivity index (χ0v) is 24.6. The largest absolute Gasteiger partial charge is 0.460 e. The molecule has 0 aliphatic carbocycles. The Bertz CT molecular complexity index is 312. The van der Waals surface area contributed by atoms with Gasteiger partial charge in [-0.1, -0.05) is 13.5 Å². The second-order valence-corrected chi connectivity index (χ2v) is 11.2. The van der Waals surface area contributed by atoms with Gasteiger partial charge >= 0.3 is 7.71 Å². The predicted octanol–water partition coefficient (Wildman–Crippen LogP) is 3.04. The zero-order chi connectivity index (χ0) is 19.3. The minimum absolute atomic E-state index is 0. The van der Waals surface area contributed by atoms with E-state index in [-0.39, 0.29) is 57.1 Å². The molecular formula is C18H39O7SSiUV+. The average molecular weight is 717 g/mol. The maximum Gasteiger partial charge on any atom is 0.460 e. The Balaban J connectivity index is -0.000000223. The van der Waals surface area contributed by atoms with Crippen LogP contribution in [0.25, 0.3) is 0 Å². The smallest absolute Gasteiger partial charge is 0.387 e. The van der Waals surface area contributed by atoms with Crippen LogP contribution in [0, 0.1) is 38.2 Å². The van der Waals surface area contributed by atoms with Crippen molar-refractivity contribution >= 4 is 18.9 Å². The molecule has 1 heterocycles. The van der Waals surface area contributed by atoms with Gasteiger partial charge in [0.2, 0.25) is 7.11 Å². The maximum absolute atomic E-state index is 5.29. The van der Waals surface area contributed by atoms with Crippen LogP contribution in [0.1, 0.15) is 13.8 Å². The molecule has 7 nitrogen and oxygen atoms in total. The van der Waals surface area contributed by atoms with Crippen molar-refractivity contribution in [2.45, 2.75) is 19.9 Å². The first kappa shape index (κ1) is 37.8. The van der Waals surface area contributed by atoms with Crippen LogP contribution < -0.4 is 0 Å². The van der Waals surface area contributed by atoms with E-state index in [0.717, 1.165) is 6.04 Å². The summed E-state index contributed by atoms with van der Waals surface area (Å²) in [7, 11) is 5.02. The van der Waals surface area contributed by atoms with E-state index in [1.165, 1.54) is 12.2 Å². The van der Waals surface area contributed by atoms with Gasteiger partial charge in [0.25, 0.3) is 0 Å². The molecule has 1 unspecified atom stereocenters. The third kappa shape index (κ3) is 24.0. The fraction of sp³-hybridized carbons (Fsp3) is 0.833. The van der Waals surface area contributed by atoms with Gasteiger partial charge in [-0.05, 0) is 12.2 Å². The van der Waals surface area contributed by atoms with Gasteiger partial charge in [-0.15, -0.1) is 17.8 Å². The molecule has 1 saturated heterocycles. The molecule has 0 spiro atoms. The van der Waals surface area contributed by atoms with Crippen molar-refractivity contribution in [3.05, 3.63) is 19.8 Å². The summed E-state index contributed by atoms with van der Waals surface area (Å²) in [5, 5.41) is 0. The molecule has 1 aliphatic rings. The van der Waals surface area contributed by atoms with Crippen molar-refractivity contribution in [3.8, 4) is 0 Å². The zero-order valence-electron chi connectivity index (χ0n) is 17.2. The van der Waals surface area contributed by atoms with E-state index < -0.39 is 7.71 Å². The van der Waals surface area contributed by atoms with Crippen LogP contribution in [0.3, 0.4) is 0 Å². The van der Waals surface area contributed by atoms with Crippen LogP contribution in [-0.2, 0) is 51.1 Å². The molecule has 0 N–H and O–H groups in total. The monoisotopic (exact) mass is 716 g/mol. The van der Waals surface area contributed by atoms with E-state index in [1.54, 1.807) is 20.3 Å². The van der Waals surface area contributed by atoms with Crippen LogP contribution in [-0.4, -0.2) is 87.1 Å². The minimum atomic E-state index is -1.77. The van der Waals surface area contributed by atoms with Gasteiger partial charge in [0.05, 0.1) is 59.5 Å². The summed E-state index contributed by atoms with van der Waals surface area (Å²) in [6, 6.07) is 1.09. The van der Waals surface area contributed by atoms with E-state index in [1.807, 2.05) is 11.2 Å². The standard InChI is InChI=1S/C12H24O5.C5H11O2SSi.CH4.U.V/c1-3-4-14-7-8-16-11-12-17-10-9-15-6-5-13-2;1-6-9(7-2)5-3-4-8-9;;;/h3H,1,4-12H2,2H3;1,3-5H2,2H3;1H4;;/q;+1;;;. The summed E-state index contributed by atoms with van der Waals surface area (Å²) in [5.41, 5.74) is 0. The molecule has 11 heteroatoms. The number of methoxy groups -OCH3 is 1. The molecule has 0 saturated carbocycles. The fourth-order valence-electron chi connectivity index (χ4n) is 1.89. The fourth-order valence-corrected chi connectivity index (χ4v) is 7.00. The van der Waals surface area contributed by atoms with Gasteiger partial charge in [-0.2, -0.15) is 0 Å². The summed E-state index contributed by atoms with van der Waals surface area (Å²) in [5.74, 6) is 1.18. The number of ether oxygens (including phenoxy) is 5. The third-order valence-electron chi connectivity index (χ3n) is 3.26. The molecule has 171 valence electrons. The molecule has 1 aliphatic heterocycles. The molecule has 1 atom stereocenters. The SMILES string of the molecule is C.C=CCOCCOCCOCCOCCOC.[CH2+]O[Si]1(OC)CCCS1.[U].[V]. The molecule has 1 fully saturated rings. The number of hydrogen-bond acceptors (Lipinski definition) is 8. The Hall–Kier alpha value is 1.53. The molecule has 0 aromatic heterocycles. The van der Waals surface area contributed by atoms with E-state index in [4.69, 9.17) is 32.5 Å². The van der Waals surface area contributed by atoms with Crippen LogP contribution in [0.4, 0.5) is 0 Å². The first-order valence-electron chi connectivity index (χ1n) is 8.77. The van der Waals surface area contributed by atoms with Crippen molar-refractivity contribution in [1.29, 1.82) is 0 Å². The predicted molar refractivity (Wildman–Crippen MR) is 113 cm³/mol. The second kappa shape index (κ2) is 29.5. The quantitative estimate of drug-likeness (QED) is 0.105. The summed E-state index contributed by atoms with van der Waals surface area (Å²) in [6.45, 7) is 8.85. The molecule has 1 rings (SSSR count). The Kier molecular flexibility index (Phi) is 38.5. The van der Waals surface area contributed by atoms with Crippen LogP contribution in [0.5, 0.6) is 0 Å². The normalized spacial score (nSPS) is 17.2. The van der Waals surface area contributed by atoms with Crippen molar-refractivity contribution < 1.29 is 82.2 Å². The van der Waals surface area contributed by atoms with E-state index in [9.17, 15) is 0 Å². The second-order valence-electron chi connectivity index (χ2n) is 5.18. The van der Waals surface area contributed by atoms with Crippen LogP contribution in [0.2, 0.25) is 6.04 Å². The van der Waals surface area contributed by atoms with Crippen LogP contribution in [0.15, 0.2) is 12.7 Å². The first-order valence-corrected chi connectivity index (χ1v) is 12.5. The van der Waals surface area contributed by atoms with Gasteiger partial charge in [0, 0.05) is 69.9 Å². The summed E-state index contributed by atoms with van der Waals surface area (Å²) in [6.07, 6.45) is 2.94. The van der Waals surface area contributed by atoms with E-state index in [0.29, 0.717) is 59.5 Å². The topological polar surface area (TPSA) is 64.6 Å². The Labute approximate surface area is 218 Å². The van der Waals surface area contributed by atoms with Gasteiger partial charge in [-0.3, -0.25) is 0 Å². The van der Waals surface area contributed by atoms with Gasteiger partial charge in [0.15, 0.2) is 0 Å². The summed E-state index contributed by atoms with van der Waals surface area (Å²) < 4.78 is 36.1. The van der Waals surface area contributed by atoms with E-state index >= 15 is 0 Å². The van der Waals surface area contributed by atoms with Crippen molar-refractivity contribution in [2.24, 2.45) is 0 Å². The van der Waals surface area contributed by atoms with Crippen molar-refractivity contribution in [2.75, 3.05) is 79.4 Å². The molecule has 0 amide bonds. The van der Waals surface area contributed by atoms with Gasteiger partial charge < -0.3 is 28.1 Å². The average Bonchev–Trinajstić information content (AvgIpc) is 3.16. The Morgan fingerprint density at radius 2 is 1.41 bits per heavy atom. The maximum atomic E-state index is 5.29.